The van der Waals surface area contributed by atoms with Crippen molar-refractivity contribution in [3.63, 3.8) is 0 Å². The Labute approximate surface area is 230 Å². The molecule has 4 unspecified atom stereocenters. The standard InChI is InChI=1S/C29H45N5O5/c1-16(2)11-23(32-26(35)21(30)14-19-15-31-22-10-8-7-9-20(19)22)27(36)33-24(12-17(3)4)28(37)34-25(29(38)39)13-18(5)6/h7-10,15-18,21,23-25,31H,11-14,30H2,1-6H3,(H,32,35)(H,33,36)(H,34,37)(H,38,39). The fraction of sp³-hybridized carbons (Fsp3) is 0.586. The van der Waals surface area contributed by atoms with Crippen molar-refractivity contribution in [2.45, 2.75) is 91.4 Å². The van der Waals surface area contributed by atoms with Gasteiger partial charge in [-0.2, -0.15) is 0 Å². The minimum absolute atomic E-state index is 0.0529. The second-order valence-electron chi connectivity index (χ2n) is 11.6. The largest absolute Gasteiger partial charge is 0.480 e. The molecule has 2 rings (SSSR count). The highest BCUT2D eigenvalue weighted by molar-refractivity contribution is 5.94. The van der Waals surface area contributed by atoms with Crippen molar-refractivity contribution in [1.29, 1.82) is 0 Å². The van der Waals surface area contributed by atoms with Gasteiger partial charge in [0.2, 0.25) is 17.7 Å². The van der Waals surface area contributed by atoms with Crippen LogP contribution < -0.4 is 21.7 Å². The molecule has 3 amide bonds. The zero-order chi connectivity index (χ0) is 29.3. The zero-order valence-corrected chi connectivity index (χ0v) is 23.9. The molecule has 10 heteroatoms. The van der Waals surface area contributed by atoms with E-state index in [1.54, 1.807) is 0 Å². The fourth-order valence-corrected chi connectivity index (χ4v) is 4.55. The molecule has 7 N–H and O–H groups in total. The number of nitrogens with two attached hydrogens (primary N) is 1. The van der Waals surface area contributed by atoms with Gasteiger partial charge in [0.15, 0.2) is 0 Å². The number of carbonyl (C=O) groups is 4. The summed E-state index contributed by atoms with van der Waals surface area (Å²) >= 11 is 0. The molecule has 0 bridgehead atoms. The van der Waals surface area contributed by atoms with Crippen LogP contribution in [0.3, 0.4) is 0 Å². The molecular formula is C29H45N5O5. The number of benzene rings is 1. The van der Waals surface area contributed by atoms with Gasteiger partial charge in [-0.25, -0.2) is 4.79 Å². The molecule has 1 aromatic carbocycles. The Morgan fingerprint density at radius 1 is 0.769 bits per heavy atom. The summed E-state index contributed by atoms with van der Waals surface area (Å²) < 4.78 is 0. The van der Waals surface area contributed by atoms with Gasteiger partial charge < -0.3 is 31.8 Å². The van der Waals surface area contributed by atoms with E-state index < -0.39 is 47.9 Å². The average Bonchev–Trinajstić information content (AvgIpc) is 3.24. The third-order valence-corrected chi connectivity index (χ3v) is 6.45. The first-order chi connectivity index (χ1) is 18.3. The first-order valence-electron chi connectivity index (χ1n) is 13.7. The van der Waals surface area contributed by atoms with Crippen LogP contribution in [0.25, 0.3) is 10.9 Å². The summed E-state index contributed by atoms with van der Waals surface area (Å²) in [5, 5.41) is 18.6. The molecule has 0 fully saturated rings. The normalized spacial score (nSPS) is 14.7. The lowest BCUT2D eigenvalue weighted by molar-refractivity contribution is -0.143. The van der Waals surface area contributed by atoms with Gasteiger partial charge in [0.1, 0.15) is 18.1 Å². The van der Waals surface area contributed by atoms with E-state index in [0.29, 0.717) is 12.8 Å². The van der Waals surface area contributed by atoms with E-state index in [1.165, 1.54) is 0 Å². The number of carboxylic acid groups (broad SMARTS) is 1. The van der Waals surface area contributed by atoms with Crippen molar-refractivity contribution in [3.8, 4) is 0 Å². The van der Waals surface area contributed by atoms with Crippen LogP contribution in [-0.4, -0.2) is 57.9 Å². The Balaban J connectivity index is 2.13. The molecule has 1 heterocycles. The van der Waals surface area contributed by atoms with E-state index in [9.17, 15) is 24.3 Å². The van der Waals surface area contributed by atoms with Crippen molar-refractivity contribution in [2.75, 3.05) is 0 Å². The molecule has 0 saturated heterocycles. The van der Waals surface area contributed by atoms with Gasteiger partial charge in [0.25, 0.3) is 0 Å². The van der Waals surface area contributed by atoms with Crippen LogP contribution in [-0.2, 0) is 25.6 Å². The van der Waals surface area contributed by atoms with E-state index in [2.05, 4.69) is 20.9 Å². The van der Waals surface area contributed by atoms with Gasteiger partial charge in [-0.1, -0.05) is 59.7 Å². The van der Waals surface area contributed by atoms with Gasteiger partial charge in [0, 0.05) is 17.1 Å². The SMILES string of the molecule is CC(C)CC(NC(=O)C(CC(C)C)NC(=O)C(CC(C)C)NC(=O)C(N)Cc1c[nH]c2ccccc12)C(=O)O. The third-order valence-electron chi connectivity index (χ3n) is 6.45. The molecule has 0 aliphatic rings. The van der Waals surface area contributed by atoms with Gasteiger partial charge >= 0.3 is 5.97 Å². The molecule has 0 aliphatic heterocycles. The number of hydrogen-bond donors (Lipinski definition) is 6. The van der Waals surface area contributed by atoms with Crippen LogP contribution in [0.1, 0.15) is 66.4 Å². The number of carbonyl (C=O) groups excluding carboxylic acids is 3. The number of aliphatic carboxylic acids is 1. The molecule has 216 valence electrons. The summed E-state index contributed by atoms with van der Waals surface area (Å²) in [6.07, 6.45) is 3.04. The fourth-order valence-electron chi connectivity index (χ4n) is 4.55. The van der Waals surface area contributed by atoms with Crippen LogP contribution >= 0.6 is 0 Å². The highest BCUT2D eigenvalue weighted by Gasteiger charge is 2.31. The number of rotatable bonds is 15. The van der Waals surface area contributed by atoms with Crippen LogP contribution in [0.5, 0.6) is 0 Å². The Kier molecular flexibility index (Phi) is 12.0. The van der Waals surface area contributed by atoms with Crippen molar-refractivity contribution < 1.29 is 24.3 Å². The summed E-state index contributed by atoms with van der Waals surface area (Å²) in [5.41, 5.74) is 8.09. The van der Waals surface area contributed by atoms with E-state index >= 15 is 0 Å². The quantitative estimate of drug-likeness (QED) is 0.202. The number of carboxylic acids is 1. The maximum absolute atomic E-state index is 13.4. The van der Waals surface area contributed by atoms with Crippen molar-refractivity contribution in [1.82, 2.24) is 20.9 Å². The number of para-hydroxylation sites is 1. The second kappa shape index (κ2) is 14.7. The first-order valence-corrected chi connectivity index (χ1v) is 13.7. The molecule has 1 aromatic heterocycles. The number of nitrogens with one attached hydrogen (secondary N) is 4. The molecule has 0 radical (unpaired) electrons. The summed E-state index contributed by atoms with van der Waals surface area (Å²) in [7, 11) is 0. The molecule has 39 heavy (non-hydrogen) atoms. The minimum atomic E-state index is -1.12. The maximum Gasteiger partial charge on any atom is 0.326 e. The van der Waals surface area contributed by atoms with E-state index in [-0.39, 0.29) is 30.6 Å². The first kappa shape index (κ1) is 31.8. The molecule has 0 saturated carbocycles. The molecule has 2 aromatic rings. The maximum atomic E-state index is 13.4. The van der Waals surface area contributed by atoms with Gasteiger partial charge in [-0.3, -0.25) is 14.4 Å². The predicted molar refractivity (Wildman–Crippen MR) is 152 cm³/mol. The highest BCUT2D eigenvalue weighted by Crippen LogP contribution is 2.19. The lowest BCUT2D eigenvalue weighted by atomic mass is 9.98. The lowest BCUT2D eigenvalue weighted by Gasteiger charge is -2.27. The molecular weight excluding hydrogens is 498 g/mol. The van der Waals surface area contributed by atoms with Crippen molar-refractivity contribution >= 4 is 34.6 Å². The summed E-state index contributed by atoms with van der Waals surface area (Å²) in [6, 6.07) is 3.95. The van der Waals surface area contributed by atoms with Gasteiger partial charge in [-0.05, 0) is 55.1 Å². The molecule has 0 spiro atoms. The van der Waals surface area contributed by atoms with Crippen LogP contribution in [0.2, 0.25) is 0 Å². The summed E-state index contributed by atoms with van der Waals surface area (Å²) in [4.78, 5) is 54.3. The average molecular weight is 544 g/mol. The van der Waals surface area contributed by atoms with Crippen molar-refractivity contribution in [2.24, 2.45) is 23.5 Å². The van der Waals surface area contributed by atoms with Gasteiger partial charge in [-0.15, -0.1) is 0 Å². The monoisotopic (exact) mass is 543 g/mol. The Hall–Kier alpha value is -3.40. The summed E-state index contributed by atoms with van der Waals surface area (Å²) in [5.74, 6) is -2.47. The molecule has 10 nitrogen and oxygen atoms in total. The highest BCUT2D eigenvalue weighted by atomic mass is 16.4. The zero-order valence-electron chi connectivity index (χ0n) is 23.9. The van der Waals surface area contributed by atoms with E-state index in [1.807, 2.05) is 72.0 Å². The number of hydrogen-bond acceptors (Lipinski definition) is 5. The number of amides is 3. The Bertz CT molecular complexity index is 1130. The smallest absolute Gasteiger partial charge is 0.326 e. The van der Waals surface area contributed by atoms with Crippen molar-refractivity contribution in [3.05, 3.63) is 36.0 Å². The van der Waals surface area contributed by atoms with Crippen LogP contribution in [0, 0.1) is 17.8 Å². The van der Waals surface area contributed by atoms with Crippen LogP contribution in [0.15, 0.2) is 30.5 Å². The Morgan fingerprint density at radius 2 is 1.23 bits per heavy atom. The van der Waals surface area contributed by atoms with Gasteiger partial charge in [0.05, 0.1) is 6.04 Å². The van der Waals surface area contributed by atoms with E-state index in [0.717, 1.165) is 16.5 Å². The third kappa shape index (κ3) is 10.0. The van der Waals surface area contributed by atoms with E-state index in [4.69, 9.17) is 5.73 Å². The lowest BCUT2D eigenvalue weighted by Crippen LogP contribution is -2.57. The second-order valence-corrected chi connectivity index (χ2v) is 11.6. The number of fused-ring (bicyclic) bond motifs is 1. The predicted octanol–water partition coefficient (Wildman–Crippen LogP) is 2.72. The number of H-pyrrole nitrogens is 1. The summed E-state index contributed by atoms with van der Waals surface area (Å²) in [6.45, 7) is 11.4. The number of aromatic amines is 1. The Morgan fingerprint density at radius 3 is 1.74 bits per heavy atom. The minimum Gasteiger partial charge on any atom is -0.480 e. The molecule has 0 aliphatic carbocycles. The van der Waals surface area contributed by atoms with Crippen LogP contribution in [0.4, 0.5) is 0 Å². The number of aromatic nitrogens is 1. The molecule has 4 atom stereocenters. The topological polar surface area (TPSA) is 166 Å².